The quantitative estimate of drug-likeness (QED) is 0.742. The smallest absolute Gasteiger partial charge is 0.343 e. The van der Waals surface area contributed by atoms with Crippen molar-refractivity contribution >= 4 is 29.3 Å². The molecule has 138 valence electrons. The first-order chi connectivity index (χ1) is 12.2. The number of benzene rings is 2. The zero-order valence-electron chi connectivity index (χ0n) is 13.9. The highest BCUT2D eigenvalue weighted by molar-refractivity contribution is 8.00. The van der Waals surface area contributed by atoms with E-state index in [0.717, 1.165) is 10.5 Å². The zero-order chi connectivity index (χ0) is 19.2. The van der Waals surface area contributed by atoms with Crippen molar-refractivity contribution in [1.29, 1.82) is 0 Å². The lowest BCUT2D eigenvalue weighted by Gasteiger charge is -2.09. The summed E-state index contributed by atoms with van der Waals surface area (Å²) in [5, 5.41) is 4.46. The van der Waals surface area contributed by atoms with Crippen LogP contribution in [0, 0.1) is 6.92 Å². The van der Waals surface area contributed by atoms with Crippen molar-refractivity contribution in [2.45, 2.75) is 18.0 Å². The van der Waals surface area contributed by atoms with E-state index < -0.39 is 18.6 Å². The van der Waals surface area contributed by atoms with E-state index in [1.807, 2.05) is 31.2 Å². The molecule has 0 radical (unpaired) electrons. The van der Waals surface area contributed by atoms with Crippen molar-refractivity contribution in [1.82, 2.24) is 5.32 Å². The van der Waals surface area contributed by atoms with Gasteiger partial charge in [0.05, 0.1) is 5.75 Å². The first kappa shape index (κ1) is 19.8. The van der Waals surface area contributed by atoms with Gasteiger partial charge in [-0.05, 0) is 43.3 Å². The SMILES string of the molecule is Cc1ccc(SCC(=O)Nc2ccc(C(=O)NCC(F)(F)F)cc2)cc1. The summed E-state index contributed by atoms with van der Waals surface area (Å²) in [6, 6.07) is 13.4. The van der Waals surface area contributed by atoms with Gasteiger partial charge in [0.15, 0.2) is 0 Å². The maximum Gasteiger partial charge on any atom is 0.405 e. The minimum Gasteiger partial charge on any atom is -0.343 e. The Hall–Kier alpha value is -2.48. The van der Waals surface area contributed by atoms with E-state index in [1.165, 1.54) is 36.0 Å². The van der Waals surface area contributed by atoms with Crippen molar-refractivity contribution in [2.24, 2.45) is 0 Å². The van der Waals surface area contributed by atoms with Crippen LogP contribution in [0.4, 0.5) is 18.9 Å². The zero-order valence-corrected chi connectivity index (χ0v) is 14.7. The Morgan fingerprint density at radius 1 is 1.00 bits per heavy atom. The van der Waals surface area contributed by atoms with Crippen LogP contribution in [0.15, 0.2) is 53.4 Å². The average Bonchev–Trinajstić information content (AvgIpc) is 2.59. The summed E-state index contributed by atoms with van der Waals surface area (Å²) in [6.45, 7) is 0.592. The lowest BCUT2D eigenvalue weighted by atomic mass is 10.2. The molecule has 0 atom stereocenters. The second-order valence-electron chi connectivity index (χ2n) is 5.53. The number of anilines is 1. The van der Waals surface area contributed by atoms with Crippen molar-refractivity contribution in [2.75, 3.05) is 17.6 Å². The van der Waals surface area contributed by atoms with E-state index in [0.29, 0.717) is 5.69 Å². The van der Waals surface area contributed by atoms with Gasteiger partial charge in [-0.3, -0.25) is 9.59 Å². The summed E-state index contributed by atoms with van der Waals surface area (Å²) in [5.74, 6) is -0.823. The first-order valence-electron chi connectivity index (χ1n) is 7.67. The fourth-order valence-electron chi connectivity index (χ4n) is 1.97. The highest BCUT2D eigenvalue weighted by atomic mass is 32.2. The van der Waals surface area contributed by atoms with Crippen LogP contribution in [0.1, 0.15) is 15.9 Å². The number of hydrogen-bond donors (Lipinski definition) is 2. The predicted molar refractivity (Wildman–Crippen MR) is 95.4 cm³/mol. The lowest BCUT2D eigenvalue weighted by Crippen LogP contribution is -2.33. The molecule has 4 nitrogen and oxygen atoms in total. The molecule has 2 N–H and O–H groups in total. The van der Waals surface area contributed by atoms with Gasteiger partial charge >= 0.3 is 6.18 Å². The summed E-state index contributed by atoms with van der Waals surface area (Å²) in [4.78, 5) is 24.5. The van der Waals surface area contributed by atoms with Gasteiger partial charge in [-0.15, -0.1) is 11.8 Å². The largest absolute Gasteiger partial charge is 0.405 e. The minimum absolute atomic E-state index is 0.0845. The molecular formula is C18H17F3N2O2S. The lowest BCUT2D eigenvalue weighted by molar-refractivity contribution is -0.123. The van der Waals surface area contributed by atoms with E-state index in [4.69, 9.17) is 0 Å². The third-order valence-electron chi connectivity index (χ3n) is 3.27. The van der Waals surface area contributed by atoms with E-state index in [-0.39, 0.29) is 17.2 Å². The Labute approximate surface area is 153 Å². The number of carbonyl (C=O) groups excluding carboxylic acids is 2. The molecule has 0 heterocycles. The molecule has 0 aromatic heterocycles. The van der Waals surface area contributed by atoms with Gasteiger partial charge < -0.3 is 10.6 Å². The van der Waals surface area contributed by atoms with Gasteiger partial charge in [0.25, 0.3) is 5.91 Å². The van der Waals surface area contributed by atoms with Crippen LogP contribution in [-0.2, 0) is 4.79 Å². The van der Waals surface area contributed by atoms with Crippen LogP contribution in [0.2, 0.25) is 0 Å². The third-order valence-corrected chi connectivity index (χ3v) is 4.28. The number of halogens is 3. The summed E-state index contributed by atoms with van der Waals surface area (Å²) in [5.41, 5.74) is 1.69. The Morgan fingerprint density at radius 3 is 2.19 bits per heavy atom. The second-order valence-corrected chi connectivity index (χ2v) is 6.57. The van der Waals surface area contributed by atoms with Crippen LogP contribution in [0.25, 0.3) is 0 Å². The fourth-order valence-corrected chi connectivity index (χ4v) is 2.67. The molecule has 26 heavy (non-hydrogen) atoms. The number of amides is 2. The monoisotopic (exact) mass is 382 g/mol. The molecule has 8 heteroatoms. The number of rotatable bonds is 6. The van der Waals surface area contributed by atoms with Crippen LogP contribution in [0.5, 0.6) is 0 Å². The maximum atomic E-state index is 12.1. The first-order valence-corrected chi connectivity index (χ1v) is 8.66. The Balaban J connectivity index is 1.83. The van der Waals surface area contributed by atoms with Crippen molar-refractivity contribution < 1.29 is 22.8 Å². The number of hydrogen-bond acceptors (Lipinski definition) is 3. The third kappa shape index (κ3) is 6.79. The molecule has 0 fully saturated rings. The van der Waals surface area contributed by atoms with E-state index in [1.54, 1.807) is 5.32 Å². The molecule has 0 aliphatic heterocycles. The van der Waals surface area contributed by atoms with E-state index >= 15 is 0 Å². The average molecular weight is 382 g/mol. The number of nitrogens with one attached hydrogen (secondary N) is 2. The van der Waals surface area contributed by atoms with Gasteiger partial charge in [0.2, 0.25) is 5.91 Å². The van der Waals surface area contributed by atoms with Gasteiger partial charge in [-0.25, -0.2) is 0 Å². The minimum atomic E-state index is -4.46. The molecule has 2 amide bonds. The van der Waals surface area contributed by atoms with Crippen molar-refractivity contribution in [3.8, 4) is 0 Å². The molecule has 0 spiro atoms. The van der Waals surface area contributed by atoms with Gasteiger partial charge in [-0.1, -0.05) is 17.7 Å². The molecule has 2 rings (SSSR count). The van der Waals surface area contributed by atoms with Crippen LogP contribution < -0.4 is 10.6 Å². The number of alkyl halides is 3. The standard InChI is InChI=1S/C18H17F3N2O2S/c1-12-2-8-15(9-3-12)26-10-16(24)23-14-6-4-13(5-7-14)17(25)22-11-18(19,20)21/h2-9H,10-11H2,1H3,(H,22,25)(H,23,24). The van der Waals surface area contributed by atoms with Crippen LogP contribution in [0.3, 0.4) is 0 Å². The van der Waals surface area contributed by atoms with E-state index in [2.05, 4.69) is 5.32 Å². The second kappa shape index (κ2) is 8.75. The highest BCUT2D eigenvalue weighted by Crippen LogP contribution is 2.19. The highest BCUT2D eigenvalue weighted by Gasteiger charge is 2.27. The number of thioether (sulfide) groups is 1. The number of aryl methyl sites for hydroxylation is 1. The Bertz CT molecular complexity index is 760. The summed E-state index contributed by atoms with van der Waals surface area (Å²) < 4.78 is 36.3. The topological polar surface area (TPSA) is 58.2 Å². The Kier molecular flexibility index (Phi) is 6.68. The molecule has 2 aromatic carbocycles. The maximum absolute atomic E-state index is 12.1. The molecule has 0 bridgehead atoms. The molecule has 0 unspecified atom stereocenters. The normalized spacial score (nSPS) is 11.1. The Morgan fingerprint density at radius 2 is 1.62 bits per heavy atom. The van der Waals surface area contributed by atoms with Gasteiger partial charge in [0, 0.05) is 16.1 Å². The van der Waals surface area contributed by atoms with Gasteiger partial charge in [0.1, 0.15) is 6.54 Å². The molecular weight excluding hydrogens is 365 g/mol. The summed E-state index contributed by atoms with van der Waals surface area (Å²) in [7, 11) is 0. The number of carbonyl (C=O) groups is 2. The molecule has 0 saturated carbocycles. The van der Waals surface area contributed by atoms with Crippen molar-refractivity contribution in [3.63, 3.8) is 0 Å². The van der Waals surface area contributed by atoms with Gasteiger partial charge in [-0.2, -0.15) is 13.2 Å². The van der Waals surface area contributed by atoms with Crippen molar-refractivity contribution in [3.05, 3.63) is 59.7 Å². The molecule has 2 aromatic rings. The molecule has 0 saturated heterocycles. The summed E-state index contributed by atoms with van der Waals surface area (Å²) >= 11 is 1.39. The molecule has 0 aliphatic rings. The van der Waals surface area contributed by atoms with E-state index in [9.17, 15) is 22.8 Å². The van der Waals surface area contributed by atoms with Crippen LogP contribution in [-0.4, -0.2) is 30.3 Å². The summed E-state index contributed by atoms with van der Waals surface area (Å²) in [6.07, 6.45) is -4.46. The predicted octanol–water partition coefficient (Wildman–Crippen LogP) is 4.02. The van der Waals surface area contributed by atoms with Crippen LogP contribution >= 0.6 is 11.8 Å². The molecule has 0 aliphatic carbocycles. The fraction of sp³-hybridized carbons (Fsp3) is 0.222.